The van der Waals surface area contributed by atoms with Crippen LogP contribution in [0.25, 0.3) is 21.0 Å². The molecule has 1 aromatic heterocycles. The number of thiazole rings is 1. The minimum absolute atomic E-state index is 0.0889. The molecule has 1 aliphatic rings. The normalized spacial score (nSPS) is 16.2. The molecule has 4 aromatic rings. The van der Waals surface area contributed by atoms with Crippen LogP contribution in [0.4, 0.5) is 5.13 Å². The van der Waals surface area contributed by atoms with E-state index in [4.69, 9.17) is 9.47 Å². The Morgan fingerprint density at radius 1 is 1.18 bits per heavy atom. The van der Waals surface area contributed by atoms with E-state index < -0.39 is 9.84 Å². The van der Waals surface area contributed by atoms with Crippen LogP contribution in [0.5, 0.6) is 5.75 Å². The molecule has 5 rings (SSSR count). The summed E-state index contributed by atoms with van der Waals surface area (Å²) in [4.78, 5) is 20.5. The predicted molar refractivity (Wildman–Crippen MR) is 134 cm³/mol. The second-order valence-electron chi connectivity index (χ2n) is 8.35. The number of nitrogens with zero attached hydrogens (tertiary/aromatic N) is 2. The Labute approximate surface area is 201 Å². The number of benzene rings is 3. The number of rotatable bonds is 6. The van der Waals surface area contributed by atoms with Gasteiger partial charge in [-0.15, -0.1) is 0 Å². The predicted octanol–water partition coefficient (Wildman–Crippen LogP) is 4.69. The maximum absolute atomic E-state index is 13.9. The molecule has 2 heterocycles. The summed E-state index contributed by atoms with van der Waals surface area (Å²) in [6.07, 6.45) is 2.90. The molecular weight excluding hydrogens is 472 g/mol. The van der Waals surface area contributed by atoms with Crippen LogP contribution in [0.1, 0.15) is 23.2 Å². The van der Waals surface area contributed by atoms with Crippen molar-refractivity contribution >= 4 is 53.2 Å². The van der Waals surface area contributed by atoms with Gasteiger partial charge in [-0.1, -0.05) is 35.6 Å². The van der Waals surface area contributed by atoms with Crippen molar-refractivity contribution in [1.82, 2.24) is 4.98 Å². The lowest BCUT2D eigenvalue weighted by Gasteiger charge is -2.24. The molecular formula is C25H24N2O5S2. The van der Waals surface area contributed by atoms with E-state index in [0.717, 1.165) is 23.6 Å². The molecule has 7 nitrogen and oxygen atoms in total. The molecule has 0 N–H and O–H groups in total. The lowest BCUT2D eigenvalue weighted by Crippen LogP contribution is -2.37. The van der Waals surface area contributed by atoms with E-state index in [-0.39, 0.29) is 16.9 Å². The number of sulfone groups is 1. The second kappa shape index (κ2) is 8.98. The molecule has 1 saturated heterocycles. The minimum Gasteiger partial charge on any atom is -0.496 e. The van der Waals surface area contributed by atoms with Crippen molar-refractivity contribution in [2.75, 3.05) is 31.4 Å². The molecule has 0 radical (unpaired) electrons. The Balaban J connectivity index is 1.60. The first kappa shape index (κ1) is 22.8. The van der Waals surface area contributed by atoms with Gasteiger partial charge in [-0.3, -0.25) is 9.69 Å². The number of hydrogen-bond donors (Lipinski definition) is 0. The fraction of sp³-hybridized carbons (Fsp3) is 0.280. The Morgan fingerprint density at radius 3 is 2.62 bits per heavy atom. The SMILES string of the molecule is COc1cc2ccccc2cc1C(=O)N(CC1CCCO1)c1nc2ccc(S(C)(=O)=O)cc2s1. The van der Waals surface area contributed by atoms with Crippen LogP contribution in [0, 0.1) is 0 Å². The molecule has 0 saturated carbocycles. The molecule has 3 aromatic carbocycles. The van der Waals surface area contributed by atoms with Crippen LogP contribution in [-0.2, 0) is 14.6 Å². The van der Waals surface area contributed by atoms with Crippen molar-refractivity contribution < 1.29 is 22.7 Å². The molecule has 1 atom stereocenters. The van der Waals surface area contributed by atoms with Crippen LogP contribution < -0.4 is 9.64 Å². The number of aromatic nitrogens is 1. The highest BCUT2D eigenvalue weighted by atomic mass is 32.2. The first-order valence-corrected chi connectivity index (χ1v) is 13.6. The smallest absolute Gasteiger partial charge is 0.263 e. The first-order valence-electron chi connectivity index (χ1n) is 10.9. The molecule has 176 valence electrons. The van der Waals surface area contributed by atoms with E-state index in [1.807, 2.05) is 36.4 Å². The third kappa shape index (κ3) is 4.38. The van der Waals surface area contributed by atoms with Crippen molar-refractivity contribution in [2.45, 2.75) is 23.8 Å². The lowest BCUT2D eigenvalue weighted by atomic mass is 10.0. The highest BCUT2D eigenvalue weighted by Gasteiger charge is 2.29. The Morgan fingerprint density at radius 2 is 1.94 bits per heavy atom. The summed E-state index contributed by atoms with van der Waals surface area (Å²) >= 11 is 1.29. The van der Waals surface area contributed by atoms with Gasteiger partial charge in [0.25, 0.3) is 5.91 Å². The highest BCUT2D eigenvalue weighted by molar-refractivity contribution is 7.90. The number of methoxy groups -OCH3 is 1. The van der Waals surface area contributed by atoms with Crippen LogP contribution in [0.3, 0.4) is 0 Å². The van der Waals surface area contributed by atoms with E-state index in [0.29, 0.717) is 39.8 Å². The second-order valence-corrected chi connectivity index (χ2v) is 11.4. The maximum Gasteiger partial charge on any atom is 0.263 e. The van der Waals surface area contributed by atoms with Gasteiger partial charge in [-0.05, 0) is 53.9 Å². The molecule has 1 aliphatic heterocycles. The lowest BCUT2D eigenvalue weighted by molar-refractivity contribution is 0.0915. The maximum atomic E-state index is 13.9. The Hall–Kier alpha value is -3.01. The zero-order valence-electron chi connectivity index (χ0n) is 18.9. The molecule has 0 spiro atoms. The molecule has 1 fully saturated rings. The number of anilines is 1. The molecule has 1 amide bonds. The van der Waals surface area contributed by atoms with Crippen LogP contribution >= 0.6 is 11.3 Å². The summed E-state index contributed by atoms with van der Waals surface area (Å²) < 4.78 is 36.1. The average molecular weight is 497 g/mol. The van der Waals surface area contributed by atoms with Gasteiger partial charge in [-0.25, -0.2) is 13.4 Å². The number of amides is 1. The topological polar surface area (TPSA) is 85.8 Å². The van der Waals surface area contributed by atoms with E-state index >= 15 is 0 Å². The number of ether oxygens (including phenoxy) is 2. The Bertz CT molecular complexity index is 1490. The number of fused-ring (bicyclic) bond motifs is 2. The molecule has 0 aliphatic carbocycles. The summed E-state index contributed by atoms with van der Waals surface area (Å²) in [6, 6.07) is 16.3. The minimum atomic E-state index is -3.35. The quantitative estimate of drug-likeness (QED) is 0.385. The van der Waals surface area contributed by atoms with Crippen molar-refractivity contribution in [2.24, 2.45) is 0 Å². The summed E-state index contributed by atoms with van der Waals surface area (Å²) in [7, 11) is -1.80. The fourth-order valence-corrected chi connectivity index (χ4v) is 5.91. The zero-order chi connectivity index (χ0) is 23.9. The van der Waals surface area contributed by atoms with Crippen LogP contribution in [0.2, 0.25) is 0 Å². The van der Waals surface area contributed by atoms with Gasteiger partial charge in [0.1, 0.15) is 5.75 Å². The summed E-state index contributed by atoms with van der Waals surface area (Å²) in [5, 5.41) is 2.41. The van der Waals surface area contributed by atoms with Crippen LogP contribution in [0.15, 0.2) is 59.5 Å². The highest BCUT2D eigenvalue weighted by Crippen LogP contribution is 2.34. The first-order chi connectivity index (χ1) is 16.3. The molecule has 0 bridgehead atoms. The van der Waals surface area contributed by atoms with Gasteiger partial charge in [-0.2, -0.15) is 0 Å². The van der Waals surface area contributed by atoms with Crippen molar-refractivity contribution in [3.05, 3.63) is 60.2 Å². The van der Waals surface area contributed by atoms with Crippen LogP contribution in [-0.4, -0.2) is 51.9 Å². The number of hydrogen-bond acceptors (Lipinski definition) is 7. The van der Waals surface area contributed by atoms with E-state index in [9.17, 15) is 13.2 Å². The van der Waals surface area contributed by atoms with Crippen molar-refractivity contribution in [3.8, 4) is 5.75 Å². The van der Waals surface area contributed by atoms with Gasteiger partial charge < -0.3 is 9.47 Å². The van der Waals surface area contributed by atoms with E-state index in [2.05, 4.69) is 4.98 Å². The van der Waals surface area contributed by atoms with Crippen molar-refractivity contribution in [3.63, 3.8) is 0 Å². The Kier molecular flexibility index (Phi) is 6.01. The summed E-state index contributed by atoms with van der Waals surface area (Å²) in [6.45, 7) is 1.02. The van der Waals surface area contributed by atoms with Gasteiger partial charge in [0.05, 0.1) is 40.4 Å². The van der Waals surface area contributed by atoms with E-state index in [1.165, 1.54) is 17.6 Å². The zero-order valence-corrected chi connectivity index (χ0v) is 20.5. The van der Waals surface area contributed by atoms with Gasteiger partial charge in [0, 0.05) is 12.9 Å². The van der Waals surface area contributed by atoms with Gasteiger partial charge in [0.2, 0.25) is 0 Å². The van der Waals surface area contributed by atoms with Gasteiger partial charge in [0.15, 0.2) is 15.0 Å². The fourth-order valence-electron chi connectivity index (χ4n) is 4.18. The standard InChI is InChI=1S/C25H24N2O5S2/c1-31-22-13-17-7-4-3-6-16(17)12-20(22)24(28)27(15-18-8-5-11-32-18)25-26-21-10-9-19(34(2,29)30)14-23(21)33-25/h3-4,6-7,9-10,12-14,18H,5,8,11,15H2,1-2H3. The number of carbonyl (C=O) groups is 1. The third-order valence-electron chi connectivity index (χ3n) is 5.96. The molecule has 34 heavy (non-hydrogen) atoms. The van der Waals surface area contributed by atoms with Gasteiger partial charge >= 0.3 is 0 Å². The summed E-state index contributed by atoms with van der Waals surface area (Å²) in [5.41, 5.74) is 1.08. The number of carbonyl (C=O) groups excluding carboxylic acids is 1. The summed E-state index contributed by atoms with van der Waals surface area (Å²) in [5.74, 6) is 0.252. The largest absolute Gasteiger partial charge is 0.496 e. The molecule has 1 unspecified atom stereocenters. The monoisotopic (exact) mass is 496 g/mol. The van der Waals surface area contributed by atoms with Crippen molar-refractivity contribution in [1.29, 1.82) is 0 Å². The molecule has 9 heteroatoms. The van der Waals surface area contributed by atoms with E-state index in [1.54, 1.807) is 30.2 Å². The third-order valence-corrected chi connectivity index (χ3v) is 8.11. The average Bonchev–Trinajstić information content (AvgIpc) is 3.49.